The van der Waals surface area contributed by atoms with E-state index in [4.69, 9.17) is 4.74 Å². The van der Waals surface area contributed by atoms with Crippen LogP contribution in [0.2, 0.25) is 0 Å². The second-order valence-corrected chi connectivity index (χ2v) is 3.68. The van der Waals surface area contributed by atoms with E-state index in [-0.39, 0.29) is 0 Å². The zero-order chi connectivity index (χ0) is 10.7. The second kappa shape index (κ2) is 4.34. The lowest BCUT2D eigenvalue weighted by molar-refractivity contribution is 0.410. The summed E-state index contributed by atoms with van der Waals surface area (Å²) in [4.78, 5) is 0. The molecule has 15 heavy (non-hydrogen) atoms. The summed E-state index contributed by atoms with van der Waals surface area (Å²) in [6, 6.07) is 4.02. The van der Waals surface area contributed by atoms with Gasteiger partial charge in [0.1, 0.15) is 5.75 Å². The van der Waals surface area contributed by atoms with E-state index in [9.17, 15) is 0 Å². The number of nitrogens with zero attached hydrogens (tertiary/aromatic N) is 1. The third kappa shape index (κ3) is 1.82. The molecule has 1 aromatic carbocycles. The molecular formula is C12H16N2O. The minimum absolute atomic E-state index is 0.970. The molecule has 0 unspecified atom stereocenters. The van der Waals surface area contributed by atoms with Gasteiger partial charge in [-0.15, -0.1) is 0 Å². The van der Waals surface area contributed by atoms with Crippen LogP contribution in [-0.2, 0) is 6.42 Å². The molecule has 0 aliphatic heterocycles. The molecule has 3 heteroatoms. The summed E-state index contributed by atoms with van der Waals surface area (Å²) >= 11 is 0. The van der Waals surface area contributed by atoms with Crippen LogP contribution in [0.3, 0.4) is 0 Å². The second-order valence-electron chi connectivity index (χ2n) is 3.68. The fraction of sp³-hybridized carbons (Fsp3) is 0.417. The number of methoxy groups -OCH3 is 1. The molecule has 2 aromatic rings. The van der Waals surface area contributed by atoms with Gasteiger partial charge in [0.05, 0.1) is 18.8 Å². The van der Waals surface area contributed by atoms with Gasteiger partial charge in [-0.2, -0.15) is 5.10 Å². The van der Waals surface area contributed by atoms with E-state index in [0.717, 1.165) is 17.7 Å². The smallest absolute Gasteiger partial charge is 0.122 e. The minimum atomic E-state index is 0.970. The highest BCUT2D eigenvalue weighted by Crippen LogP contribution is 2.28. The highest BCUT2D eigenvalue weighted by Gasteiger charge is 2.08. The number of H-pyrrole nitrogens is 1. The van der Waals surface area contributed by atoms with Crippen molar-refractivity contribution in [2.75, 3.05) is 7.11 Å². The van der Waals surface area contributed by atoms with E-state index in [1.54, 1.807) is 7.11 Å². The van der Waals surface area contributed by atoms with Gasteiger partial charge in [-0.3, -0.25) is 5.10 Å². The van der Waals surface area contributed by atoms with E-state index in [2.05, 4.69) is 17.1 Å². The highest BCUT2D eigenvalue weighted by atomic mass is 16.5. The molecule has 0 aliphatic carbocycles. The van der Waals surface area contributed by atoms with E-state index in [1.807, 2.05) is 18.3 Å². The first kappa shape index (κ1) is 10.0. The maximum absolute atomic E-state index is 5.38. The Morgan fingerprint density at radius 2 is 2.27 bits per heavy atom. The van der Waals surface area contributed by atoms with Crippen LogP contribution >= 0.6 is 0 Å². The third-order valence-corrected chi connectivity index (χ3v) is 2.69. The molecule has 1 N–H and O–H groups in total. The van der Waals surface area contributed by atoms with E-state index in [0.29, 0.717) is 0 Å². The number of unbranched alkanes of at least 4 members (excludes halogenated alkanes) is 1. The normalized spacial score (nSPS) is 10.8. The van der Waals surface area contributed by atoms with E-state index >= 15 is 0 Å². The van der Waals surface area contributed by atoms with Gasteiger partial charge >= 0.3 is 0 Å². The lowest BCUT2D eigenvalue weighted by Gasteiger charge is -2.08. The molecule has 80 valence electrons. The molecular weight excluding hydrogens is 188 g/mol. The van der Waals surface area contributed by atoms with Crippen LogP contribution in [0.25, 0.3) is 10.9 Å². The molecule has 0 saturated heterocycles. The number of hydrogen-bond donors (Lipinski definition) is 1. The maximum atomic E-state index is 5.38. The van der Waals surface area contributed by atoms with E-state index < -0.39 is 0 Å². The molecule has 0 aliphatic rings. The van der Waals surface area contributed by atoms with Crippen molar-refractivity contribution in [3.05, 3.63) is 23.9 Å². The number of aromatic amines is 1. The van der Waals surface area contributed by atoms with Gasteiger partial charge in [0.2, 0.25) is 0 Å². The molecule has 0 fully saturated rings. The zero-order valence-corrected chi connectivity index (χ0v) is 9.21. The Hall–Kier alpha value is -1.51. The van der Waals surface area contributed by atoms with Gasteiger partial charge < -0.3 is 4.74 Å². The lowest BCUT2D eigenvalue weighted by Crippen LogP contribution is -1.93. The Bertz CT molecular complexity index is 448. The fourth-order valence-corrected chi connectivity index (χ4v) is 1.86. The molecule has 0 saturated carbocycles. The molecule has 0 amide bonds. The Kier molecular flexibility index (Phi) is 2.90. The van der Waals surface area contributed by atoms with Crippen molar-refractivity contribution >= 4 is 10.9 Å². The summed E-state index contributed by atoms with van der Waals surface area (Å²) in [5, 5.41) is 8.23. The quantitative estimate of drug-likeness (QED) is 0.831. The maximum Gasteiger partial charge on any atom is 0.122 e. The number of aromatic nitrogens is 2. The Labute approximate surface area is 89.4 Å². The van der Waals surface area contributed by atoms with Crippen LogP contribution in [0.1, 0.15) is 25.3 Å². The zero-order valence-electron chi connectivity index (χ0n) is 9.21. The van der Waals surface area contributed by atoms with Gasteiger partial charge in [0, 0.05) is 10.9 Å². The molecule has 3 nitrogen and oxygen atoms in total. The highest BCUT2D eigenvalue weighted by molar-refractivity contribution is 5.84. The summed E-state index contributed by atoms with van der Waals surface area (Å²) in [6.07, 6.45) is 5.30. The van der Waals surface area contributed by atoms with Crippen LogP contribution in [0.5, 0.6) is 5.75 Å². The van der Waals surface area contributed by atoms with Gasteiger partial charge in [-0.25, -0.2) is 0 Å². The van der Waals surface area contributed by atoms with Crippen molar-refractivity contribution in [3.63, 3.8) is 0 Å². The minimum Gasteiger partial charge on any atom is -0.496 e. The van der Waals surface area contributed by atoms with Crippen LogP contribution in [0.4, 0.5) is 0 Å². The van der Waals surface area contributed by atoms with Crippen LogP contribution < -0.4 is 4.74 Å². The average molecular weight is 204 g/mol. The van der Waals surface area contributed by atoms with Crippen LogP contribution in [0, 0.1) is 0 Å². The summed E-state index contributed by atoms with van der Waals surface area (Å²) in [5.41, 5.74) is 2.35. The molecule has 1 heterocycles. The summed E-state index contributed by atoms with van der Waals surface area (Å²) in [5.74, 6) is 0.970. The van der Waals surface area contributed by atoms with Gasteiger partial charge in [-0.1, -0.05) is 13.3 Å². The standard InChI is InChI=1S/C12H16N2O/c1-3-4-5-9-10-8-13-14-11(10)6-7-12(9)15-2/h6-8H,3-5H2,1-2H3,(H,13,14). The summed E-state index contributed by atoms with van der Waals surface area (Å²) in [6.45, 7) is 2.20. The summed E-state index contributed by atoms with van der Waals surface area (Å²) in [7, 11) is 1.72. The SMILES string of the molecule is CCCCc1c(OC)ccc2[nH]ncc12. The van der Waals surface area contributed by atoms with Crippen molar-refractivity contribution in [2.24, 2.45) is 0 Å². The van der Waals surface area contributed by atoms with Crippen molar-refractivity contribution in [1.82, 2.24) is 10.2 Å². The molecule has 0 spiro atoms. The molecule has 1 aromatic heterocycles. The van der Waals surface area contributed by atoms with Gasteiger partial charge in [0.15, 0.2) is 0 Å². The number of ether oxygens (including phenoxy) is 1. The Morgan fingerprint density at radius 3 is 3.00 bits per heavy atom. The van der Waals surface area contributed by atoms with Crippen LogP contribution in [-0.4, -0.2) is 17.3 Å². The molecule has 0 radical (unpaired) electrons. The van der Waals surface area contributed by atoms with E-state index in [1.165, 1.54) is 23.8 Å². The van der Waals surface area contributed by atoms with Crippen molar-refractivity contribution < 1.29 is 4.74 Å². The Balaban J connectivity index is 2.48. The number of benzene rings is 1. The molecule has 0 atom stereocenters. The predicted octanol–water partition coefficient (Wildman–Crippen LogP) is 2.91. The number of nitrogens with one attached hydrogen (secondary N) is 1. The number of rotatable bonds is 4. The number of aryl methyl sites for hydroxylation is 1. The lowest BCUT2D eigenvalue weighted by atomic mass is 10.0. The fourth-order valence-electron chi connectivity index (χ4n) is 1.86. The van der Waals surface area contributed by atoms with Gasteiger partial charge in [-0.05, 0) is 25.0 Å². The topological polar surface area (TPSA) is 37.9 Å². The first-order chi connectivity index (χ1) is 7.36. The largest absolute Gasteiger partial charge is 0.496 e. The van der Waals surface area contributed by atoms with Crippen molar-refractivity contribution in [2.45, 2.75) is 26.2 Å². The summed E-state index contributed by atoms with van der Waals surface area (Å²) < 4.78 is 5.38. The molecule has 2 rings (SSSR count). The third-order valence-electron chi connectivity index (χ3n) is 2.69. The van der Waals surface area contributed by atoms with Crippen LogP contribution in [0.15, 0.2) is 18.3 Å². The average Bonchev–Trinajstić information content (AvgIpc) is 2.73. The Morgan fingerprint density at radius 1 is 1.40 bits per heavy atom. The number of hydrogen-bond acceptors (Lipinski definition) is 2. The van der Waals surface area contributed by atoms with Crippen molar-refractivity contribution in [1.29, 1.82) is 0 Å². The predicted molar refractivity (Wildman–Crippen MR) is 61.3 cm³/mol. The molecule has 0 bridgehead atoms. The monoisotopic (exact) mass is 204 g/mol. The van der Waals surface area contributed by atoms with Gasteiger partial charge in [0.25, 0.3) is 0 Å². The first-order valence-electron chi connectivity index (χ1n) is 5.35. The first-order valence-corrected chi connectivity index (χ1v) is 5.35. The van der Waals surface area contributed by atoms with Crippen molar-refractivity contribution in [3.8, 4) is 5.75 Å². The number of fused-ring (bicyclic) bond motifs is 1.